The van der Waals surface area contributed by atoms with Crippen molar-refractivity contribution in [1.82, 2.24) is 20.2 Å². The zero-order valence-electron chi connectivity index (χ0n) is 19.7. The fraction of sp³-hybridized carbons (Fsp3) is 0.222. The van der Waals surface area contributed by atoms with Crippen molar-refractivity contribution in [1.29, 1.82) is 0 Å². The van der Waals surface area contributed by atoms with Gasteiger partial charge in [-0.15, -0.1) is 0 Å². The van der Waals surface area contributed by atoms with Gasteiger partial charge in [0.1, 0.15) is 0 Å². The van der Waals surface area contributed by atoms with Crippen LogP contribution in [0.3, 0.4) is 0 Å². The van der Waals surface area contributed by atoms with E-state index < -0.39 is 0 Å². The summed E-state index contributed by atoms with van der Waals surface area (Å²) in [4.78, 5) is 28.8. The largest absolute Gasteiger partial charge is 0.334 e. The molecule has 3 aromatic carbocycles. The number of hydrogen-bond donors (Lipinski definition) is 3. The van der Waals surface area contributed by atoms with Crippen LogP contribution in [0, 0.1) is 20.8 Å². The van der Waals surface area contributed by atoms with Gasteiger partial charge in [0.05, 0.1) is 23.9 Å². The number of rotatable bonds is 7. The van der Waals surface area contributed by atoms with Crippen molar-refractivity contribution in [2.45, 2.75) is 33.9 Å². The number of nitrogens with zero attached hydrogens (tertiary/aromatic N) is 2. The smallest absolute Gasteiger partial charge is 0.315 e. The Hall–Kier alpha value is -4.13. The predicted molar refractivity (Wildman–Crippen MR) is 135 cm³/mol. The minimum Gasteiger partial charge on any atom is -0.334 e. The molecule has 3 amide bonds. The van der Waals surface area contributed by atoms with Crippen LogP contribution in [0.1, 0.15) is 27.8 Å². The summed E-state index contributed by atoms with van der Waals surface area (Å²) < 4.78 is 2.11. The SMILES string of the molecule is Cc1cc(C)c(NC(=O)CNC(=O)NCc2ccc(Cn3cnc4ccccc43)cc2)c(C)c1. The van der Waals surface area contributed by atoms with Crippen molar-refractivity contribution in [2.24, 2.45) is 0 Å². The van der Waals surface area contributed by atoms with Crippen LogP contribution >= 0.6 is 0 Å². The highest BCUT2D eigenvalue weighted by atomic mass is 16.2. The van der Waals surface area contributed by atoms with E-state index in [1.54, 1.807) is 0 Å². The maximum Gasteiger partial charge on any atom is 0.315 e. The second-order valence-corrected chi connectivity index (χ2v) is 8.54. The van der Waals surface area contributed by atoms with E-state index in [0.29, 0.717) is 6.54 Å². The van der Waals surface area contributed by atoms with E-state index in [9.17, 15) is 9.59 Å². The molecule has 0 unspecified atom stereocenters. The van der Waals surface area contributed by atoms with E-state index in [2.05, 4.69) is 31.6 Å². The van der Waals surface area contributed by atoms with Crippen LogP contribution in [0.25, 0.3) is 11.0 Å². The molecule has 0 fully saturated rings. The Morgan fingerprint density at radius 1 is 0.882 bits per heavy atom. The van der Waals surface area contributed by atoms with Gasteiger partial charge in [0.25, 0.3) is 0 Å². The molecule has 1 heterocycles. The second-order valence-electron chi connectivity index (χ2n) is 8.54. The highest BCUT2D eigenvalue weighted by Crippen LogP contribution is 2.21. The van der Waals surface area contributed by atoms with Crippen LogP contribution in [0.4, 0.5) is 10.5 Å². The zero-order valence-corrected chi connectivity index (χ0v) is 19.7. The molecule has 0 radical (unpaired) electrons. The first-order valence-electron chi connectivity index (χ1n) is 11.3. The average Bonchev–Trinajstić information content (AvgIpc) is 3.22. The van der Waals surface area contributed by atoms with E-state index >= 15 is 0 Å². The number of amides is 3. The lowest BCUT2D eigenvalue weighted by atomic mass is 10.1. The van der Waals surface area contributed by atoms with E-state index in [1.165, 1.54) is 0 Å². The van der Waals surface area contributed by atoms with Crippen molar-refractivity contribution in [3.05, 3.63) is 94.8 Å². The molecule has 0 saturated heterocycles. The number of imidazole rings is 1. The van der Waals surface area contributed by atoms with Gasteiger partial charge in [-0.25, -0.2) is 9.78 Å². The van der Waals surface area contributed by atoms with Crippen molar-refractivity contribution < 1.29 is 9.59 Å². The number of fused-ring (bicyclic) bond motifs is 1. The number of hydrogen-bond acceptors (Lipinski definition) is 3. The molecular formula is C27H29N5O2. The van der Waals surface area contributed by atoms with Gasteiger partial charge in [-0.3, -0.25) is 4.79 Å². The van der Waals surface area contributed by atoms with Gasteiger partial charge >= 0.3 is 6.03 Å². The third-order valence-electron chi connectivity index (χ3n) is 5.71. The van der Waals surface area contributed by atoms with E-state index in [1.807, 2.05) is 81.7 Å². The number of aromatic nitrogens is 2. The van der Waals surface area contributed by atoms with Gasteiger partial charge in [-0.1, -0.05) is 54.1 Å². The Kier molecular flexibility index (Phi) is 6.92. The third kappa shape index (κ3) is 5.61. The topological polar surface area (TPSA) is 88.0 Å². The maximum absolute atomic E-state index is 12.3. The number of aryl methyl sites for hydroxylation is 3. The number of nitrogens with one attached hydrogen (secondary N) is 3. The minimum atomic E-state index is -0.388. The molecule has 0 aliphatic carbocycles. The van der Waals surface area contributed by atoms with Crippen LogP contribution in [0.15, 0.2) is 67.0 Å². The van der Waals surface area contributed by atoms with Gasteiger partial charge < -0.3 is 20.5 Å². The highest BCUT2D eigenvalue weighted by molar-refractivity contribution is 5.95. The molecule has 0 bridgehead atoms. The normalized spacial score (nSPS) is 10.8. The van der Waals surface area contributed by atoms with Gasteiger partial charge in [-0.2, -0.15) is 0 Å². The number of urea groups is 1. The van der Waals surface area contributed by atoms with Gasteiger partial charge in [0.15, 0.2) is 0 Å². The Bertz CT molecular complexity index is 1300. The molecular weight excluding hydrogens is 426 g/mol. The molecule has 0 atom stereocenters. The maximum atomic E-state index is 12.3. The Labute approximate surface area is 199 Å². The number of carbonyl (C=O) groups excluding carboxylic acids is 2. The van der Waals surface area contributed by atoms with Crippen LogP contribution in [0.2, 0.25) is 0 Å². The molecule has 1 aromatic heterocycles. The summed E-state index contributed by atoms with van der Waals surface area (Å²) in [5.41, 5.74) is 8.14. The molecule has 4 rings (SSSR count). The molecule has 7 heteroatoms. The van der Waals surface area contributed by atoms with Crippen LogP contribution in [0.5, 0.6) is 0 Å². The first-order chi connectivity index (χ1) is 16.4. The first-order valence-corrected chi connectivity index (χ1v) is 11.3. The Balaban J connectivity index is 1.23. The number of carbonyl (C=O) groups is 2. The average molecular weight is 456 g/mol. The molecule has 0 aliphatic heterocycles. The van der Waals surface area contributed by atoms with Crippen molar-refractivity contribution >= 4 is 28.7 Å². The van der Waals surface area contributed by atoms with E-state index in [0.717, 1.165) is 51.1 Å². The fourth-order valence-electron chi connectivity index (χ4n) is 4.06. The number of benzene rings is 3. The van der Waals surface area contributed by atoms with Crippen molar-refractivity contribution in [3.8, 4) is 0 Å². The molecule has 4 aromatic rings. The molecule has 0 spiro atoms. The molecule has 0 saturated carbocycles. The molecule has 3 N–H and O–H groups in total. The number of para-hydroxylation sites is 2. The van der Waals surface area contributed by atoms with Crippen molar-refractivity contribution in [3.63, 3.8) is 0 Å². The predicted octanol–water partition coefficient (Wildman–Crippen LogP) is 4.45. The Morgan fingerprint density at radius 2 is 1.56 bits per heavy atom. The van der Waals surface area contributed by atoms with Crippen molar-refractivity contribution in [2.75, 3.05) is 11.9 Å². The highest BCUT2D eigenvalue weighted by Gasteiger charge is 2.10. The van der Waals surface area contributed by atoms with Gasteiger partial charge in [0.2, 0.25) is 5.91 Å². The summed E-state index contributed by atoms with van der Waals surface area (Å²) >= 11 is 0. The summed E-state index contributed by atoms with van der Waals surface area (Å²) in [7, 11) is 0. The lowest BCUT2D eigenvalue weighted by Crippen LogP contribution is -2.39. The number of anilines is 1. The van der Waals surface area contributed by atoms with Gasteiger partial charge in [-0.05, 0) is 55.2 Å². The molecule has 0 aliphatic rings. The third-order valence-corrected chi connectivity index (χ3v) is 5.71. The first kappa shape index (κ1) is 23.0. The molecule has 174 valence electrons. The second kappa shape index (κ2) is 10.2. The quantitative estimate of drug-likeness (QED) is 0.385. The van der Waals surface area contributed by atoms with E-state index in [4.69, 9.17) is 0 Å². The van der Waals surface area contributed by atoms with Crippen LogP contribution in [-0.2, 0) is 17.9 Å². The Morgan fingerprint density at radius 3 is 2.29 bits per heavy atom. The molecule has 34 heavy (non-hydrogen) atoms. The van der Waals surface area contributed by atoms with Crippen LogP contribution < -0.4 is 16.0 Å². The lowest BCUT2D eigenvalue weighted by Gasteiger charge is -2.13. The zero-order chi connectivity index (χ0) is 24.1. The monoisotopic (exact) mass is 455 g/mol. The summed E-state index contributed by atoms with van der Waals surface area (Å²) in [6.07, 6.45) is 1.85. The molecule has 7 nitrogen and oxygen atoms in total. The summed E-state index contributed by atoms with van der Waals surface area (Å²) in [6, 6.07) is 19.8. The fourth-order valence-corrected chi connectivity index (χ4v) is 4.06. The van der Waals surface area contributed by atoms with Gasteiger partial charge in [0, 0.05) is 18.8 Å². The van der Waals surface area contributed by atoms with Crippen LogP contribution in [-0.4, -0.2) is 28.0 Å². The lowest BCUT2D eigenvalue weighted by molar-refractivity contribution is -0.115. The standard InChI is InChI=1S/C27H29N5O2/c1-18-12-19(2)26(20(3)13-18)31-25(33)15-29-27(34)28-14-21-8-10-22(11-9-21)16-32-17-30-23-6-4-5-7-24(23)32/h4-13,17H,14-16H2,1-3H3,(H,31,33)(H2,28,29,34). The minimum absolute atomic E-state index is 0.101. The van der Waals surface area contributed by atoms with E-state index in [-0.39, 0.29) is 18.5 Å². The summed E-state index contributed by atoms with van der Waals surface area (Å²) in [6.45, 7) is 6.93. The summed E-state index contributed by atoms with van der Waals surface area (Å²) in [5.74, 6) is -0.262. The summed E-state index contributed by atoms with van der Waals surface area (Å²) in [5, 5.41) is 8.28.